The standard InChI is InChI=1S/C75H140NO8P/c1-3-5-7-9-11-13-15-17-19-21-23-25-27-29-30-31-32-33-34-35-36-37-38-39-40-41-42-44-46-48-50-52-54-56-58-60-62-64-66-68-75(78)84-73(72-83-85(79,80)82-70-69-76)71-81-74(77)67-65-63-61-59-57-55-53-51-49-47-45-43-28-26-24-22-20-18-16-14-12-10-8-6-4-2/h5,7,11,13,17,19,23,25,29-30,73H,3-4,6,8-10,12,14-16,18,20-22,24,26-28,31-72,76H2,1-2H3,(H,79,80)/b7-5-,13-11-,19-17-,25-23-,30-29-. The molecule has 2 atom stereocenters. The first kappa shape index (κ1) is 82.7. The van der Waals surface area contributed by atoms with Crippen LogP contribution in [-0.4, -0.2) is 49.3 Å². The van der Waals surface area contributed by atoms with Gasteiger partial charge in [0.05, 0.1) is 13.2 Å². The zero-order chi connectivity index (χ0) is 61.6. The number of carbonyl (C=O) groups is 2. The summed E-state index contributed by atoms with van der Waals surface area (Å²) in [5, 5.41) is 0. The molecule has 0 spiro atoms. The second-order valence-electron chi connectivity index (χ2n) is 24.8. The summed E-state index contributed by atoms with van der Waals surface area (Å²) in [5.74, 6) is -0.804. The zero-order valence-corrected chi connectivity index (χ0v) is 57.0. The molecule has 0 aliphatic rings. The molecule has 0 saturated heterocycles. The van der Waals surface area contributed by atoms with E-state index in [-0.39, 0.29) is 38.6 Å². The molecule has 498 valence electrons. The van der Waals surface area contributed by atoms with E-state index < -0.39 is 26.5 Å². The lowest BCUT2D eigenvalue weighted by atomic mass is 10.0. The molecule has 0 aliphatic carbocycles. The number of unbranched alkanes of at least 4 members (excludes halogenated alkanes) is 47. The highest BCUT2D eigenvalue weighted by atomic mass is 31.2. The Balaban J connectivity index is 3.78. The first-order valence-electron chi connectivity index (χ1n) is 36.8. The van der Waals surface area contributed by atoms with Gasteiger partial charge in [0.2, 0.25) is 0 Å². The van der Waals surface area contributed by atoms with E-state index in [1.165, 1.54) is 276 Å². The molecule has 0 aromatic carbocycles. The van der Waals surface area contributed by atoms with E-state index in [1.54, 1.807) is 0 Å². The van der Waals surface area contributed by atoms with Gasteiger partial charge in [-0.1, -0.05) is 364 Å². The average molecular weight is 1210 g/mol. The maximum Gasteiger partial charge on any atom is 0.472 e. The summed E-state index contributed by atoms with van der Waals surface area (Å²) < 4.78 is 33.2. The van der Waals surface area contributed by atoms with Crippen LogP contribution in [0, 0.1) is 0 Å². The lowest BCUT2D eigenvalue weighted by molar-refractivity contribution is -0.161. The number of ether oxygens (including phenoxy) is 2. The second-order valence-corrected chi connectivity index (χ2v) is 26.2. The van der Waals surface area contributed by atoms with Crippen LogP contribution in [-0.2, 0) is 32.7 Å². The predicted octanol–water partition coefficient (Wildman–Crippen LogP) is 24.2. The first-order chi connectivity index (χ1) is 41.8. The highest BCUT2D eigenvalue weighted by Crippen LogP contribution is 2.43. The maximum absolute atomic E-state index is 12.8. The fraction of sp³-hybridized carbons (Fsp3) is 0.840. The molecule has 0 fully saturated rings. The summed E-state index contributed by atoms with van der Waals surface area (Å²) in [6.45, 7) is 3.71. The van der Waals surface area contributed by atoms with Gasteiger partial charge in [0, 0.05) is 19.4 Å². The Morgan fingerprint density at radius 2 is 0.647 bits per heavy atom. The van der Waals surface area contributed by atoms with E-state index in [2.05, 4.69) is 74.6 Å². The van der Waals surface area contributed by atoms with Gasteiger partial charge in [-0.2, -0.15) is 0 Å². The normalized spacial score (nSPS) is 13.2. The van der Waals surface area contributed by atoms with Crippen molar-refractivity contribution in [3.8, 4) is 0 Å². The Morgan fingerprint density at radius 1 is 0.365 bits per heavy atom. The topological polar surface area (TPSA) is 134 Å². The van der Waals surface area contributed by atoms with Crippen molar-refractivity contribution in [2.75, 3.05) is 26.4 Å². The van der Waals surface area contributed by atoms with Gasteiger partial charge in [0.15, 0.2) is 6.10 Å². The number of nitrogens with two attached hydrogens (primary N) is 1. The fourth-order valence-corrected chi connectivity index (χ4v) is 11.8. The molecule has 0 heterocycles. The van der Waals surface area contributed by atoms with Crippen molar-refractivity contribution in [2.45, 2.75) is 380 Å². The van der Waals surface area contributed by atoms with E-state index in [0.717, 1.165) is 64.2 Å². The molecule has 0 aromatic heterocycles. The fourth-order valence-electron chi connectivity index (χ4n) is 11.0. The Labute approximate surface area is 527 Å². The first-order valence-corrected chi connectivity index (χ1v) is 38.3. The van der Waals surface area contributed by atoms with Crippen LogP contribution < -0.4 is 5.73 Å². The van der Waals surface area contributed by atoms with Gasteiger partial charge < -0.3 is 20.1 Å². The predicted molar refractivity (Wildman–Crippen MR) is 367 cm³/mol. The van der Waals surface area contributed by atoms with Gasteiger partial charge in [-0.3, -0.25) is 18.6 Å². The minimum atomic E-state index is -4.39. The van der Waals surface area contributed by atoms with Crippen LogP contribution in [0.1, 0.15) is 373 Å². The smallest absolute Gasteiger partial charge is 0.462 e. The van der Waals surface area contributed by atoms with Crippen LogP contribution in [0.4, 0.5) is 0 Å². The van der Waals surface area contributed by atoms with E-state index in [4.69, 9.17) is 24.3 Å². The average Bonchev–Trinajstić information content (AvgIpc) is 3.53. The molecular formula is C75H140NO8P. The molecule has 0 aromatic rings. The number of hydrogen-bond donors (Lipinski definition) is 2. The lowest BCUT2D eigenvalue weighted by Crippen LogP contribution is -2.29. The second kappa shape index (κ2) is 70.8. The van der Waals surface area contributed by atoms with E-state index in [1.807, 2.05) is 0 Å². The molecular weight excluding hydrogens is 1070 g/mol. The van der Waals surface area contributed by atoms with E-state index >= 15 is 0 Å². The van der Waals surface area contributed by atoms with Crippen LogP contribution in [0.3, 0.4) is 0 Å². The lowest BCUT2D eigenvalue weighted by Gasteiger charge is -2.19. The molecule has 85 heavy (non-hydrogen) atoms. The maximum atomic E-state index is 12.8. The van der Waals surface area contributed by atoms with Gasteiger partial charge in [-0.15, -0.1) is 0 Å². The summed E-state index contributed by atoms with van der Waals surface area (Å²) in [6.07, 6.45) is 92.0. The van der Waals surface area contributed by atoms with Crippen molar-refractivity contribution in [1.82, 2.24) is 0 Å². The highest BCUT2D eigenvalue weighted by Gasteiger charge is 2.26. The van der Waals surface area contributed by atoms with Crippen LogP contribution in [0.25, 0.3) is 0 Å². The monoisotopic (exact) mass is 1210 g/mol. The SMILES string of the molecule is CC/C=C\C/C=C\C/C=C\C/C=C\C/C=C\CCCCCCCCCCCCCCCCCCCCCCCCCC(=O)OC(COC(=O)CCCCCCCCCCCCCCCCCCCCCCCCCCC)COP(=O)(O)OCCN. The largest absolute Gasteiger partial charge is 0.472 e. The molecule has 10 heteroatoms. The van der Waals surface area contributed by atoms with Gasteiger partial charge in [-0.25, -0.2) is 4.57 Å². The van der Waals surface area contributed by atoms with Crippen molar-refractivity contribution in [1.29, 1.82) is 0 Å². The minimum absolute atomic E-state index is 0.0559. The van der Waals surface area contributed by atoms with Crippen LogP contribution >= 0.6 is 7.82 Å². The molecule has 3 N–H and O–H groups in total. The summed E-state index contributed by atoms with van der Waals surface area (Å²) in [4.78, 5) is 35.4. The summed E-state index contributed by atoms with van der Waals surface area (Å²) in [6, 6.07) is 0. The van der Waals surface area contributed by atoms with Crippen molar-refractivity contribution >= 4 is 19.8 Å². The van der Waals surface area contributed by atoms with Crippen molar-refractivity contribution in [3.63, 3.8) is 0 Å². The Hall–Kier alpha value is -2.29. The van der Waals surface area contributed by atoms with E-state index in [0.29, 0.717) is 6.42 Å². The van der Waals surface area contributed by atoms with Crippen LogP contribution in [0.5, 0.6) is 0 Å². The van der Waals surface area contributed by atoms with Gasteiger partial charge in [-0.05, 0) is 57.8 Å². The van der Waals surface area contributed by atoms with Gasteiger partial charge in [0.25, 0.3) is 0 Å². The molecule has 2 unspecified atom stereocenters. The third kappa shape index (κ3) is 70.7. The summed E-state index contributed by atoms with van der Waals surface area (Å²) >= 11 is 0. The Bertz CT molecular complexity index is 1580. The summed E-state index contributed by atoms with van der Waals surface area (Å²) in [7, 11) is -4.39. The van der Waals surface area contributed by atoms with Crippen molar-refractivity contribution in [3.05, 3.63) is 60.8 Å². The Kier molecular flexibility index (Phi) is 68.9. The van der Waals surface area contributed by atoms with Gasteiger partial charge in [0.1, 0.15) is 6.61 Å². The third-order valence-electron chi connectivity index (χ3n) is 16.4. The van der Waals surface area contributed by atoms with Gasteiger partial charge >= 0.3 is 19.8 Å². The zero-order valence-electron chi connectivity index (χ0n) is 56.1. The molecule has 0 radical (unpaired) electrons. The number of esters is 2. The van der Waals surface area contributed by atoms with Crippen molar-refractivity contribution in [2.24, 2.45) is 5.73 Å². The van der Waals surface area contributed by atoms with E-state index in [9.17, 15) is 19.0 Å². The summed E-state index contributed by atoms with van der Waals surface area (Å²) in [5.41, 5.74) is 5.41. The number of carbonyl (C=O) groups excluding carboxylic acids is 2. The molecule has 0 rings (SSSR count). The number of rotatable bonds is 70. The molecule has 0 saturated carbocycles. The molecule has 0 amide bonds. The number of phosphoric ester groups is 1. The highest BCUT2D eigenvalue weighted by molar-refractivity contribution is 7.47. The molecule has 9 nitrogen and oxygen atoms in total. The Morgan fingerprint density at radius 3 is 0.965 bits per heavy atom. The number of hydrogen-bond acceptors (Lipinski definition) is 8. The molecule has 0 bridgehead atoms. The quantitative estimate of drug-likeness (QED) is 0.0264. The van der Waals surface area contributed by atoms with Crippen LogP contribution in [0.2, 0.25) is 0 Å². The van der Waals surface area contributed by atoms with Crippen LogP contribution in [0.15, 0.2) is 60.8 Å². The molecule has 0 aliphatic heterocycles. The number of allylic oxidation sites excluding steroid dienone is 10. The minimum Gasteiger partial charge on any atom is -0.462 e. The van der Waals surface area contributed by atoms with Crippen molar-refractivity contribution < 1.29 is 37.6 Å². The number of phosphoric acid groups is 1. The third-order valence-corrected chi connectivity index (χ3v) is 17.4.